The highest BCUT2D eigenvalue weighted by atomic mass is 16.5. The molecular formula is C26H46O4. The molecule has 1 aliphatic carbocycles. The normalized spacial score (nSPS) is 19.2. The zero-order chi connectivity index (χ0) is 21.9. The fourth-order valence-corrected chi connectivity index (χ4v) is 4.34. The van der Waals surface area contributed by atoms with E-state index in [2.05, 4.69) is 19.1 Å². The van der Waals surface area contributed by atoms with E-state index in [-0.39, 0.29) is 5.97 Å². The van der Waals surface area contributed by atoms with Gasteiger partial charge in [-0.3, -0.25) is 9.59 Å². The van der Waals surface area contributed by atoms with Crippen molar-refractivity contribution < 1.29 is 19.4 Å². The second-order valence-electron chi connectivity index (χ2n) is 8.94. The van der Waals surface area contributed by atoms with Gasteiger partial charge in [0.2, 0.25) is 0 Å². The number of allylic oxidation sites excluding steroid dienone is 2. The van der Waals surface area contributed by atoms with Crippen LogP contribution < -0.4 is 0 Å². The molecule has 4 heteroatoms. The second kappa shape index (κ2) is 18.4. The number of aliphatic carboxylic acids is 1. The molecule has 0 radical (unpaired) electrons. The van der Waals surface area contributed by atoms with Crippen LogP contribution in [0.25, 0.3) is 0 Å². The first-order valence-corrected chi connectivity index (χ1v) is 12.7. The molecule has 0 spiro atoms. The van der Waals surface area contributed by atoms with Crippen LogP contribution in [-0.4, -0.2) is 23.7 Å². The lowest BCUT2D eigenvalue weighted by Gasteiger charge is -2.26. The van der Waals surface area contributed by atoms with Crippen molar-refractivity contribution in [2.75, 3.05) is 6.61 Å². The van der Waals surface area contributed by atoms with Crippen molar-refractivity contribution in [1.82, 2.24) is 0 Å². The third-order valence-electron chi connectivity index (χ3n) is 6.29. The summed E-state index contributed by atoms with van der Waals surface area (Å²) in [4.78, 5) is 23.5. The van der Waals surface area contributed by atoms with Crippen molar-refractivity contribution in [3.63, 3.8) is 0 Å². The molecule has 1 aliphatic rings. The lowest BCUT2D eigenvalue weighted by molar-refractivity contribution is -0.159. The molecule has 1 rings (SSSR count). The fraction of sp³-hybridized carbons (Fsp3) is 0.846. The summed E-state index contributed by atoms with van der Waals surface area (Å²) in [6.45, 7) is 2.69. The standard InChI is InChI=1S/C26H46O4/c1-2-3-4-5-6-7-8-9-10-11-12-13-14-15-16-19-22-30-26(29)24-21-18-17-20-23(24)25(27)28/h9-10,23-24H,2-8,11-22H2,1H3,(H,27,28). The number of carboxylic acid groups (broad SMARTS) is 1. The van der Waals surface area contributed by atoms with Gasteiger partial charge in [-0.2, -0.15) is 0 Å². The molecule has 0 aromatic rings. The first-order chi connectivity index (χ1) is 14.7. The minimum absolute atomic E-state index is 0.296. The summed E-state index contributed by atoms with van der Waals surface area (Å²) in [6, 6.07) is 0. The molecule has 30 heavy (non-hydrogen) atoms. The Labute approximate surface area is 184 Å². The maximum absolute atomic E-state index is 12.2. The number of rotatable bonds is 18. The van der Waals surface area contributed by atoms with Gasteiger partial charge in [-0.25, -0.2) is 0 Å². The van der Waals surface area contributed by atoms with E-state index in [0.717, 1.165) is 25.7 Å². The molecule has 1 N–H and O–H groups in total. The van der Waals surface area contributed by atoms with Crippen LogP contribution in [0.15, 0.2) is 12.2 Å². The zero-order valence-corrected chi connectivity index (χ0v) is 19.4. The van der Waals surface area contributed by atoms with E-state index in [1.807, 2.05) is 0 Å². The third-order valence-corrected chi connectivity index (χ3v) is 6.29. The molecule has 174 valence electrons. The van der Waals surface area contributed by atoms with Crippen molar-refractivity contribution in [1.29, 1.82) is 0 Å². The largest absolute Gasteiger partial charge is 0.481 e. The van der Waals surface area contributed by atoms with Crippen LogP contribution >= 0.6 is 0 Å². The first kappa shape index (κ1) is 26.7. The van der Waals surface area contributed by atoms with Gasteiger partial charge in [0.15, 0.2) is 0 Å². The summed E-state index contributed by atoms with van der Waals surface area (Å²) in [5, 5.41) is 9.27. The minimum Gasteiger partial charge on any atom is -0.481 e. The monoisotopic (exact) mass is 422 g/mol. The summed E-state index contributed by atoms with van der Waals surface area (Å²) in [5.41, 5.74) is 0. The van der Waals surface area contributed by atoms with Crippen molar-refractivity contribution in [2.45, 2.75) is 122 Å². The van der Waals surface area contributed by atoms with Gasteiger partial charge in [-0.1, -0.05) is 89.7 Å². The van der Waals surface area contributed by atoms with Crippen molar-refractivity contribution in [3.05, 3.63) is 12.2 Å². The Balaban J connectivity index is 1.89. The Hall–Kier alpha value is -1.32. The van der Waals surface area contributed by atoms with Crippen LogP contribution in [-0.2, 0) is 14.3 Å². The van der Waals surface area contributed by atoms with Crippen molar-refractivity contribution in [2.24, 2.45) is 11.8 Å². The molecule has 0 heterocycles. The Bertz CT molecular complexity index is 472. The molecule has 2 unspecified atom stereocenters. The highest BCUT2D eigenvalue weighted by molar-refractivity contribution is 5.81. The topological polar surface area (TPSA) is 63.6 Å². The van der Waals surface area contributed by atoms with E-state index in [1.54, 1.807) is 0 Å². The molecule has 0 saturated heterocycles. The van der Waals surface area contributed by atoms with E-state index in [1.165, 1.54) is 77.0 Å². The van der Waals surface area contributed by atoms with Crippen molar-refractivity contribution in [3.8, 4) is 0 Å². The number of carboxylic acids is 1. The molecule has 1 fully saturated rings. The SMILES string of the molecule is CCCCCCCCC=CCCCCCCCCOC(=O)C1CCCCC1C(=O)O. The van der Waals surface area contributed by atoms with Gasteiger partial charge in [0.05, 0.1) is 18.4 Å². The lowest BCUT2D eigenvalue weighted by atomic mass is 9.79. The summed E-state index contributed by atoms with van der Waals surface area (Å²) < 4.78 is 5.37. The Morgan fingerprint density at radius 1 is 0.767 bits per heavy atom. The van der Waals surface area contributed by atoms with Gasteiger partial charge in [-0.05, 0) is 44.9 Å². The molecule has 1 saturated carbocycles. The van der Waals surface area contributed by atoms with E-state index >= 15 is 0 Å². The molecular weight excluding hydrogens is 376 g/mol. The first-order valence-electron chi connectivity index (χ1n) is 12.7. The third kappa shape index (κ3) is 13.1. The van der Waals surface area contributed by atoms with E-state index < -0.39 is 17.8 Å². The van der Waals surface area contributed by atoms with Gasteiger partial charge in [0.25, 0.3) is 0 Å². The number of esters is 1. The zero-order valence-electron chi connectivity index (χ0n) is 19.4. The lowest BCUT2D eigenvalue weighted by Crippen LogP contribution is -2.33. The predicted molar refractivity (Wildman–Crippen MR) is 123 cm³/mol. The van der Waals surface area contributed by atoms with Gasteiger partial charge < -0.3 is 9.84 Å². The molecule has 0 aliphatic heterocycles. The van der Waals surface area contributed by atoms with Crippen LogP contribution in [0.4, 0.5) is 0 Å². The average molecular weight is 423 g/mol. The molecule has 2 atom stereocenters. The summed E-state index contributed by atoms with van der Waals surface area (Å²) >= 11 is 0. The Morgan fingerprint density at radius 2 is 1.27 bits per heavy atom. The number of carbonyl (C=O) groups excluding carboxylic acids is 1. The highest BCUT2D eigenvalue weighted by Gasteiger charge is 2.36. The van der Waals surface area contributed by atoms with Crippen LogP contribution in [0.1, 0.15) is 122 Å². The predicted octanol–water partition coefficient (Wildman–Crippen LogP) is 7.46. The van der Waals surface area contributed by atoms with Crippen molar-refractivity contribution >= 4 is 11.9 Å². The van der Waals surface area contributed by atoms with Gasteiger partial charge in [-0.15, -0.1) is 0 Å². The Kier molecular flexibility index (Phi) is 16.4. The van der Waals surface area contributed by atoms with Crippen LogP contribution in [0.5, 0.6) is 0 Å². The van der Waals surface area contributed by atoms with Crippen LogP contribution in [0, 0.1) is 11.8 Å². The minimum atomic E-state index is -0.853. The summed E-state index contributed by atoms with van der Waals surface area (Å²) in [6.07, 6.45) is 25.3. The smallest absolute Gasteiger partial charge is 0.309 e. The Morgan fingerprint density at radius 3 is 1.83 bits per heavy atom. The second-order valence-corrected chi connectivity index (χ2v) is 8.94. The summed E-state index contributed by atoms with van der Waals surface area (Å²) in [7, 11) is 0. The molecule has 0 bridgehead atoms. The quantitative estimate of drug-likeness (QED) is 0.141. The van der Waals surface area contributed by atoms with Crippen LogP contribution in [0.3, 0.4) is 0 Å². The number of unbranched alkanes of at least 4 members (excludes halogenated alkanes) is 12. The molecule has 0 amide bonds. The van der Waals surface area contributed by atoms with Gasteiger partial charge in [0, 0.05) is 0 Å². The van der Waals surface area contributed by atoms with E-state index in [0.29, 0.717) is 19.4 Å². The molecule has 0 aromatic heterocycles. The maximum atomic E-state index is 12.2. The number of hydrogen-bond acceptors (Lipinski definition) is 3. The number of carbonyl (C=O) groups is 2. The molecule has 0 aromatic carbocycles. The maximum Gasteiger partial charge on any atom is 0.309 e. The van der Waals surface area contributed by atoms with Gasteiger partial charge in [0.1, 0.15) is 0 Å². The fourth-order valence-electron chi connectivity index (χ4n) is 4.34. The summed E-state index contributed by atoms with van der Waals surface area (Å²) in [5.74, 6) is -2.14. The van der Waals surface area contributed by atoms with Gasteiger partial charge >= 0.3 is 11.9 Å². The average Bonchev–Trinajstić information content (AvgIpc) is 2.75. The van der Waals surface area contributed by atoms with Crippen LogP contribution in [0.2, 0.25) is 0 Å². The van der Waals surface area contributed by atoms with E-state index in [9.17, 15) is 14.7 Å². The van der Waals surface area contributed by atoms with E-state index in [4.69, 9.17) is 4.74 Å². The highest BCUT2D eigenvalue weighted by Crippen LogP contribution is 2.31. The molecule has 4 nitrogen and oxygen atoms in total. The number of ether oxygens (including phenoxy) is 1. The number of hydrogen-bond donors (Lipinski definition) is 1.